The molecule has 1 rings (SSSR count). The van der Waals surface area contributed by atoms with Crippen LogP contribution < -0.4 is 5.73 Å². The molecule has 0 saturated heterocycles. The third kappa shape index (κ3) is 2.01. The molecule has 0 spiro atoms. The van der Waals surface area contributed by atoms with Crippen molar-refractivity contribution >= 4 is 11.3 Å². The van der Waals surface area contributed by atoms with Gasteiger partial charge in [0.25, 0.3) is 0 Å². The molecule has 0 saturated carbocycles. The van der Waals surface area contributed by atoms with Crippen molar-refractivity contribution in [1.82, 2.24) is 4.98 Å². The van der Waals surface area contributed by atoms with Gasteiger partial charge in [0.15, 0.2) is 6.17 Å². The second kappa shape index (κ2) is 3.11. The molecule has 68 valence electrons. The zero-order valence-electron chi connectivity index (χ0n) is 7.47. The Morgan fingerprint density at radius 2 is 2.25 bits per heavy atom. The van der Waals surface area contributed by atoms with E-state index in [1.54, 1.807) is 19.2 Å². The van der Waals surface area contributed by atoms with Gasteiger partial charge in [0.1, 0.15) is 0 Å². The molecule has 0 aliphatic rings. The van der Waals surface area contributed by atoms with E-state index in [9.17, 15) is 4.39 Å². The average molecular weight is 188 g/mol. The van der Waals surface area contributed by atoms with E-state index in [2.05, 4.69) is 4.98 Å². The summed E-state index contributed by atoms with van der Waals surface area (Å²) in [6.07, 6.45) is -1.18. The van der Waals surface area contributed by atoms with Crippen LogP contribution in [0.1, 0.15) is 30.7 Å². The summed E-state index contributed by atoms with van der Waals surface area (Å²) in [5.41, 5.74) is 5.21. The van der Waals surface area contributed by atoms with E-state index in [1.165, 1.54) is 11.3 Å². The first kappa shape index (κ1) is 9.61. The molecule has 0 aliphatic heterocycles. The van der Waals surface area contributed by atoms with Gasteiger partial charge in [-0.1, -0.05) is 0 Å². The van der Waals surface area contributed by atoms with Crippen molar-refractivity contribution < 1.29 is 4.39 Å². The van der Waals surface area contributed by atoms with E-state index in [1.807, 2.05) is 6.92 Å². The molecular weight excluding hydrogens is 175 g/mol. The molecule has 1 heterocycles. The number of hydrogen-bond donors (Lipinski definition) is 1. The fourth-order valence-corrected chi connectivity index (χ4v) is 1.50. The molecule has 2 nitrogen and oxygen atoms in total. The molecule has 0 aliphatic carbocycles. The lowest BCUT2D eigenvalue weighted by atomic mass is 9.98. The second-order valence-corrected chi connectivity index (χ2v) is 4.54. The minimum atomic E-state index is -1.18. The molecule has 1 atom stereocenters. The van der Waals surface area contributed by atoms with E-state index in [-0.39, 0.29) is 0 Å². The summed E-state index contributed by atoms with van der Waals surface area (Å²) in [5, 5.41) is 2.59. The lowest BCUT2D eigenvalue weighted by Gasteiger charge is -2.21. The lowest BCUT2D eigenvalue weighted by Crippen LogP contribution is -2.37. The number of aromatic nitrogens is 1. The van der Waals surface area contributed by atoms with Crippen LogP contribution in [0.5, 0.6) is 0 Å². The van der Waals surface area contributed by atoms with Crippen molar-refractivity contribution in [3.63, 3.8) is 0 Å². The van der Waals surface area contributed by atoms with Crippen molar-refractivity contribution in [3.05, 3.63) is 16.1 Å². The summed E-state index contributed by atoms with van der Waals surface area (Å²) >= 11 is 1.44. The fraction of sp³-hybridized carbons (Fsp3) is 0.625. The average Bonchev–Trinajstić information content (AvgIpc) is 2.32. The van der Waals surface area contributed by atoms with Crippen LogP contribution in [0.3, 0.4) is 0 Å². The summed E-state index contributed by atoms with van der Waals surface area (Å²) in [7, 11) is 0. The summed E-state index contributed by atoms with van der Waals surface area (Å²) in [5.74, 6) is 0. The Morgan fingerprint density at radius 1 is 1.67 bits per heavy atom. The van der Waals surface area contributed by atoms with Crippen LogP contribution in [-0.4, -0.2) is 10.5 Å². The topological polar surface area (TPSA) is 38.9 Å². The molecule has 0 amide bonds. The Bertz CT molecular complexity index is 264. The van der Waals surface area contributed by atoms with E-state index in [4.69, 9.17) is 5.73 Å². The third-order valence-corrected chi connectivity index (χ3v) is 2.34. The van der Waals surface area contributed by atoms with Crippen molar-refractivity contribution in [1.29, 1.82) is 0 Å². The van der Waals surface area contributed by atoms with Crippen LogP contribution in [0.4, 0.5) is 4.39 Å². The maximum Gasteiger partial charge on any atom is 0.160 e. The molecule has 1 aromatic heterocycles. The number of thiazole rings is 1. The highest BCUT2D eigenvalue weighted by Crippen LogP contribution is 2.27. The van der Waals surface area contributed by atoms with Crippen molar-refractivity contribution in [2.45, 2.75) is 32.5 Å². The van der Waals surface area contributed by atoms with Crippen LogP contribution in [-0.2, 0) is 0 Å². The molecule has 12 heavy (non-hydrogen) atoms. The van der Waals surface area contributed by atoms with Crippen LogP contribution in [0.2, 0.25) is 0 Å². The second-order valence-electron chi connectivity index (χ2n) is 3.48. The molecule has 2 N–H and O–H groups in total. The number of alkyl halides is 1. The van der Waals surface area contributed by atoms with Gasteiger partial charge < -0.3 is 5.73 Å². The van der Waals surface area contributed by atoms with Crippen molar-refractivity contribution in [2.75, 3.05) is 0 Å². The van der Waals surface area contributed by atoms with Crippen LogP contribution in [0.15, 0.2) is 5.38 Å². The molecule has 1 aromatic rings. The molecule has 0 radical (unpaired) electrons. The molecule has 0 aromatic carbocycles. The van der Waals surface area contributed by atoms with Gasteiger partial charge in [-0.15, -0.1) is 11.3 Å². The van der Waals surface area contributed by atoms with Gasteiger partial charge in [0.2, 0.25) is 0 Å². The highest BCUT2D eigenvalue weighted by Gasteiger charge is 2.28. The highest BCUT2D eigenvalue weighted by atomic mass is 32.1. The Hall–Kier alpha value is -0.480. The predicted octanol–water partition coefficient (Wildman–Crippen LogP) is 2.20. The SMILES string of the molecule is Cc1nc(C(F)C(C)(C)N)cs1. The smallest absolute Gasteiger partial charge is 0.160 e. The number of halogens is 1. The third-order valence-electron chi connectivity index (χ3n) is 1.55. The maximum atomic E-state index is 13.5. The Balaban J connectivity index is 2.85. The quantitative estimate of drug-likeness (QED) is 0.772. The normalized spacial score (nSPS) is 14.8. The Kier molecular flexibility index (Phi) is 2.49. The van der Waals surface area contributed by atoms with Gasteiger partial charge >= 0.3 is 0 Å². The predicted molar refractivity (Wildman–Crippen MR) is 49.0 cm³/mol. The fourth-order valence-electron chi connectivity index (χ4n) is 0.878. The first-order valence-electron chi connectivity index (χ1n) is 3.76. The van der Waals surface area contributed by atoms with E-state index in [0.717, 1.165) is 5.01 Å². The zero-order valence-corrected chi connectivity index (χ0v) is 8.28. The van der Waals surface area contributed by atoms with E-state index >= 15 is 0 Å². The van der Waals surface area contributed by atoms with Crippen molar-refractivity contribution in [3.8, 4) is 0 Å². The number of rotatable bonds is 2. The van der Waals surface area contributed by atoms with Gasteiger partial charge in [-0.2, -0.15) is 0 Å². The first-order valence-corrected chi connectivity index (χ1v) is 4.64. The molecular formula is C8H13FN2S. The molecule has 4 heteroatoms. The summed E-state index contributed by atoms with van der Waals surface area (Å²) in [6.45, 7) is 5.17. The largest absolute Gasteiger partial charge is 0.323 e. The van der Waals surface area contributed by atoms with Gasteiger partial charge in [0, 0.05) is 10.9 Å². The maximum absolute atomic E-state index is 13.5. The molecule has 0 bridgehead atoms. The van der Waals surface area contributed by atoms with Gasteiger partial charge in [0.05, 0.1) is 10.7 Å². The Morgan fingerprint density at radius 3 is 2.58 bits per heavy atom. The summed E-state index contributed by atoms with van der Waals surface area (Å²) < 4.78 is 13.5. The standard InChI is InChI=1S/C8H13FN2S/c1-5-11-6(4-12-5)7(9)8(2,3)10/h4,7H,10H2,1-3H3. The number of hydrogen-bond acceptors (Lipinski definition) is 3. The van der Waals surface area contributed by atoms with Crippen LogP contribution >= 0.6 is 11.3 Å². The minimum absolute atomic E-state index is 0.449. The van der Waals surface area contributed by atoms with Crippen molar-refractivity contribution in [2.24, 2.45) is 5.73 Å². The van der Waals surface area contributed by atoms with Crippen LogP contribution in [0, 0.1) is 6.92 Å². The molecule has 0 fully saturated rings. The number of nitrogens with zero attached hydrogens (tertiary/aromatic N) is 1. The minimum Gasteiger partial charge on any atom is -0.323 e. The van der Waals surface area contributed by atoms with Gasteiger partial charge in [-0.3, -0.25) is 0 Å². The monoisotopic (exact) mass is 188 g/mol. The summed E-state index contributed by atoms with van der Waals surface area (Å²) in [6, 6.07) is 0. The van der Waals surface area contributed by atoms with Crippen LogP contribution in [0.25, 0.3) is 0 Å². The van der Waals surface area contributed by atoms with Gasteiger partial charge in [-0.25, -0.2) is 9.37 Å². The lowest BCUT2D eigenvalue weighted by molar-refractivity contribution is 0.219. The number of aryl methyl sites for hydroxylation is 1. The number of nitrogens with two attached hydrogens (primary N) is 1. The van der Waals surface area contributed by atoms with Gasteiger partial charge in [-0.05, 0) is 20.8 Å². The first-order chi connectivity index (χ1) is 5.41. The van der Waals surface area contributed by atoms with E-state index in [0.29, 0.717) is 5.69 Å². The molecule has 1 unspecified atom stereocenters. The zero-order chi connectivity index (χ0) is 9.35. The highest BCUT2D eigenvalue weighted by molar-refractivity contribution is 7.09. The van der Waals surface area contributed by atoms with E-state index < -0.39 is 11.7 Å². The Labute approximate surface area is 75.6 Å². The summed E-state index contributed by atoms with van der Waals surface area (Å²) in [4.78, 5) is 4.04.